The van der Waals surface area contributed by atoms with E-state index >= 15 is 0 Å². The van der Waals surface area contributed by atoms with Crippen molar-refractivity contribution >= 4 is 17.5 Å². The Hall–Kier alpha value is -1.45. The largest absolute Gasteiger partial charge is 0.478 e. The van der Waals surface area contributed by atoms with Crippen LogP contribution in [0, 0.1) is 28.1 Å². The van der Waals surface area contributed by atoms with Gasteiger partial charge < -0.3 is 5.11 Å². The van der Waals surface area contributed by atoms with Gasteiger partial charge in [-0.3, -0.25) is 9.59 Å². The zero-order valence-corrected chi connectivity index (χ0v) is 15.4. The first-order chi connectivity index (χ1) is 11.0. The summed E-state index contributed by atoms with van der Waals surface area (Å²) < 4.78 is 0. The zero-order valence-electron chi connectivity index (χ0n) is 15.4. The van der Waals surface area contributed by atoms with Gasteiger partial charge in [0.25, 0.3) is 0 Å². The molecule has 3 saturated carbocycles. The van der Waals surface area contributed by atoms with Crippen molar-refractivity contribution in [3.8, 4) is 0 Å². The van der Waals surface area contributed by atoms with Crippen LogP contribution in [0.3, 0.4) is 0 Å². The van der Waals surface area contributed by atoms with Crippen molar-refractivity contribution in [1.29, 1.82) is 0 Å². The van der Waals surface area contributed by atoms with Crippen molar-refractivity contribution in [2.24, 2.45) is 28.1 Å². The van der Waals surface area contributed by atoms with Crippen LogP contribution in [0.5, 0.6) is 0 Å². The third kappa shape index (κ3) is 2.01. The highest BCUT2D eigenvalue weighted by Crippen LogP contribution is 2.68. The Morgan fingerprint density at radius 3 is 2.29 bits per heavy atom. The van der Waals surface area contributed by atoms with Crippen molar-refractivity contribution in [3.63, 3.8) is 0 Å². The van der Waals surface area contributed by atoms with Crippen molar-refractivity contribution < 1.29 is 19.5 Å². The molecule has 0 radical (unpaired) electrons. The smallest absolute Gasteiger partial charge is 0.331 e. The molecule has 0 saturated heterocycles. The number of rotatable bonds is 1. The van der Waals surface area contributed by atoms with Crippen molar-refractivity contribution in [1.82, 2.24) is 0 Å². The van der Waals surface area contributed by atoms with E-state index in [0.717, 1.165) is 19.3 Å². The van der Waals surface area contributed by atoms with Gasteiger partial charge in [-0.1, -0.05) is 27.7 Å². The first-order valence-electron chi connectivity index (χ1n) is 8.97. The summed E-state index contributed by atoms with van der Waals surface area (Å²) in [5.41, 5.74) is -0.0688. The maximum atomic E-state index is 12.7. The molecule has 0 aromatic rings. The maximum absolute atomic E-state index is 12.7. The summed E-state index contributed by atoms with van der Waals surface area (Å²) in [7, 11) is 0. The Morgan fingerprint density at radius 2 is 1.71 bits per heavy atom. The lowest BCUT2D eigenvalue weighted by Crippen LogP contribution is -2.56. The molecule has 0 unspecified atom stereocenters. The molecular formula is C20H28O4. The molecule has 0 aromatic carbocycles. The summed E-state index contributed by atoms with van der Waals surface area (Å²) in [6.07, 6.45) is 3.48. The van der Waals surface area contributed by atoms with E-state index in [0.29, 0.717) is 24.2 Å². The molecule has 0 aliphatic heterocycles. The van der Waals surface area contributed by atoms with E-state index in [9.17, 15) is 19.5 Å². The van der Waals surface area contributed by atoms with Gasteiger partial charge in [-0.2, -0.15) is 0 Å². The normalized spacial score (nSPS) is 43.2. The number of allylic oxidation sites excluding steroid dienone is 1. The number of carbonyl (C=O) groups is 3. The zero-order chi connectivity index (χ0) is 18.1. The van der Waals surface area contributed by atoms with Gasteiger partial charge in [0, 0.05) is 34.8 Å². The molecule has 0 spiro atoms. The van der Waals surface area contributed by atoms with Crippen LogP contribution in [0.25, 0.3) is 0 Å². The third-order valence-electron chi connectivity index (χ3n) is 7.73. The SMILES string of the molecule is C/C(C(=O)O)=C1/C(=O)C[C@H]2[C@@]3(C)CCC(=O)C(C)(C)[C@@H]3CC[C@]12C. The summed E-state index contributed by atoms with van der Waals surface area (Å²) in [4.78, 5) is 36.7. The molecule has 4 atom stereocenters. The number of carbonyl (C=O) groups excluding carboxylic acids is 2. The van der Waals surface area contributed by atoms with E-state index in [4.69, 9.17) is 0 Å². The fourth-order valence-corrected chi connectivity index (χ4v) is 6.46. The van der Waals surface area contributed by atoms with Gasteiger partial charge in [0.2, 0.25) is 0 Å². The average molecular weight is 332 g/mol. The summed E-state index contributed by atoms with van der Waals surface area (Å²) in [6, 6.07) is 0. The minimum Gasteiger partial charge on any atom is -0.478 e. The minimum absolute atomic E-state index is 0.000943. The quantitative estimate of drug-likeness (QED) is 0.742. The molecule has 0 amide bonds. The molecule has 4 nitrogen and oxygen atoms in total. The van der Waals surface area contributed by atoms with E-state index in [2.05, 4.69) is 27.7 Å². The van der Waals surface area contributed by atoms with Gasteiger partial charge in [-0.25, -0.2) is 4.79 Å². The van der Waals surface area contributed by atoms with Gasteiger partial charge in [0.1, 0.15) is 5.78 Å². The van der Waals surface area contributed by atoms with E-state index < -0.39 is 5.97 Å². The lowest BCUT2D eigenvalue weighted by atomic mass is 9.43. The van der Waals surface area contributed by atoms with Crippen LogP contribution in [0.2, 0.25) is 0 Å². The first-order valence-corrected chi connectivity index (χ1v) is 8.97. The van der Waals surface area contributed by atoms with E-state index in [-0.39, 0.29) is 39.4 Å². The average Bonchev–Trinajstić information content (AvgIpc) is 2.75. The Labute approximate surface area is 143 Å². The second-order valence-electron chi connectivity index (χ2n) is 9.14. The molecule has 3 aliphatic rings. The number of hydrogen-bond donors (Lipinski definition) is 1. The van der Waals surface area contributed by atoms with Crippen LogP contribution in [0.1, 0.15) is 66.7 Å². The lowest BCUT2D eigenvalue weighted by molar-refractivity contribution is -0.154. The Kier molecular flexibility index (Phi) is 3.64. The van der Waals surface area contributed by atoms with Crippen LogP contribution in [0.4, 0.5) is 0 Å². The Balaban J connectivity index is 2.12. The predicted molar refractivity (Wildman–Crippen MR) is 90.4 cm³/mol. The van der Waals surface area contributed by atoms with Crippen LogP contribution in [-0.2, 0) is 14.4 Å². The minimum atomic E-state index is -0.994. The van der Waals surface area contributed by atoms with Crippen molar-refractivity contribution in [2.45, 2.75) is 66.7 Å². The van der Waals surface area contributed by atoms with Crippen LogP contribution in [0.15, 0.2) is 11.1 Å². The summed E-state index contributed by atoms with van der Waals surface area (Å²) in [5, 5.41) is 9.42. The predicted octanol–water partition coefficient (Wildman–Crippen LogP) is 3.79. The molecule has 0 aromatic heterocycles. The molecule has 0 heterocycles. The third-order valence-corrected chi connectivity index (χ3v) is 7.73. The van der Waals surface area contributed by atoms with Gasteiger partial charge in [-0.05, 0) is 43.4 Å². The molecule has 4 heteroatoms. The summed E-state index contributed by atoms with van der Waals surface area (Å²) in [5.74, 6) is -0.268. The molecule has 3 fully saturated rings. The van der Waals surface area contributed by atoms with Crippen LogP contribution < -0.4 is 0 Å². The first kappa shape index (κ1) is 17.4. The number of ketones is 2. The molecule has 3 aliphatic carbocycles. The van der Waals surface area contributed by atoms with Gasteiger partial charge in [0.15, 0.2) is 5.78 Å². The fourth-order valence-electron chi connectivity index (χ4n) is 6.46. The number of aliphatic carboxylic acids is 1. The van der Waals surface area contributed by atoms with Crippen LogP contribution >= 0.6 is 0 Å². The molecular weight excluding hydrogens is 304 g/mol. The number of carboxylic acids is 1. The van der Waals surface area contributed by atoms with E-state index in [1.165, 1.54) is 0 Å². The van der Waals surface area contributed by atoms with Gasteiger partial charge >= 0.3 is 5.97 Å². The van der Waals surface area contributed by atoms with E-state index in [1.54, 1.807) is 6.92 Å². The fraction of sp³-hybridized carbons (Fsp3) is 0.750. The molecule has 24 heavy (non-hydrogen) atoms. The highest BCUT2D eigenvalue weighted by atomic mass is 16.4. The van der Waals surface area contributed by atoms with Crippen LogP contribution in [-0.4, -0.2) is 22.6 Å². The topological polar surface area (TPSA) is 71.4 Å². The summed E-state index contributed by atoms with van der Waals surface area (Å²) in [6.45, 7) is 9.98. The molecule has 3 rings (SSSR count). The Morgan fingerprint density at radius 1 is 1.08 bits per heavy atom. The highest BCUT2D eigenvalue weighted by Gasteiger charge is 2.64. The highest BCUT2D eigenvalue weighted by molar-refractivity contribution is 6.06. The number of hydrogen-bond acceptors (Lipinski definition) is 3. The lowest BCUT2D eigenvalue weighted by Gasteiger charge is -2.60. The number of carboxylic acid groups (broad SMARTS) is 1. The van der Waals surface area contributed by atoms with Gasteiger partial charge in [0.05, 0.1) is 0 Å². The monoisotopic (exact) mass is 332 g/mol. The van der Waals surface area contributed by atoms with Crippen molar-refractivity contribution in [3.05, 3.63) is 11.1 Å². The number of fused-ring (bicyclic) bond motifs is 3. The maximum Gasteiger partial charge on any atom is 0.331 e. The second kappa shape index (κ2) is 5.03. The van der Waals surface area contributed by atoms with E-state index in [1.807, 2.05) is 0 Å². The Bertz CT molecular complexity index is 671. The van der Waals surface area contributed by atoms with Gasteiger partial charge in [-0.15, -0.1) is 0 Å². The molecule has 0 bridgehead atoms. The molecule has 132 valence electrons. The summed E-state index contributed by atoms with van der Waals surface area (Å²) >= 11 is 0. The second-order valence-corrected chi connectivity index (χ2v) is 9.14. The van der Waals surface area contributed by atoms with Crippen molar-refractivity contribution in [2.75, 3.05) is 0 Å². The molecule has 1 N–H and O–H groups in total. The number of Topliss-reactive ketones (excluding diaryl/α,β-unsaturated/α-hetero) is 2. The standard InChI is InChI=1S/C20H28O4/c1-11(17(23)24)16-12(21)10-14-19(4)9-7-15(22)18(2,3)13(19)6-8-20(14,16)5/h13-14H,6-10H2,1-5H3,(H,23,24)/b16-11+/t13-,14-,19-,20-/m0/s1.